The molecule has 0 saturated heterocycles. The smallest absolute Gasteiger partial charge is 0.160 e. The summed E-state index contributed by atoms with van der Waals surface area (Å²) >= 11 is 0. The maximum atomic E-state index is 5.36. The zero-order chi connectivity index (χ0) is 43.1. The van der Waals surface area contributed by atoms with Gasteiger partial charge in [-0.3, -0.25) is 0 Å². The molecule has 0 amide bonds. The van der Waals surface area contributed by atoms with Crippen molar-refractivity contribution >= 4 is 44.0 Å². The lowest BCUT2D eigenvalue weighted by molar-refractivity contribution is 1.02. The summed E-state index contributed by atoms with van der Waals surface area (Å²) in [4.78, 5) is 15.7. The Hall–Kier alpha value is -8.21. The molecule has 2 aliphatic carbocycles. The van der Waals surface area contributed by atoms with Crippen LogP contribution in [0.4, 0.5) is 0 Å². The molecule has 0 aliphatic heterocycles. The summed E-state index contributed by atoms with van der Waals surface area (Å²) in [6, 6.07) is 65.0. The Morgan fingerprint density at radius 1 is 0.431 bits per heavy atom. The molecule has 7 aromatic carbocycles. The number of fused-ring (bicyclic) bond motifs is 5. The van der Waals surface area contributed by atoms with Crippen molar-refractivity contribution in [1.29, 1.82) is 0 Å². The molecule has 0 unspecified atom stereocenters. The van der Waals surface area contributed by atoms with E-state index in [0.717, 1.165) is 92.6 Å². The summed E-state index contributed by atoms with van der Waals surface area (Å²) in [5, 5.41) is 3.55. The molecule has 3 heterocycles. The molecule has 0 radical (unpaired) electrons. The maximum absolute atomic E-state index is 5.36. The van der Waals surface area contributed by atoms with Gasteiger partial charge in [-0.1, -0.05) is 194 Å². The minimum atomic E-state index is 0.701. The number of rotatable bonds is 8. The van der Waals surface area contributed by atoms with Crippen molar-refractivity contribution < 1.29 is 0 Å². The number of para-hydroxylation sites is 2. The first-order chi connectivity index (χ1) is 32.2. The van der Waals surface area contributed by atoms with Crippen LogP contribution in [0.15, 0.2) is 218 Å². The van der Waals surface area contributed by atoms with Crippen LogP contribution < -0.4 is 0 Å². The average molecular weight is 833 g/mol. The van der Waals surface area contributed by atoms with Crippen molar-refractivity contribution in [1.82, 2.24) is 19.5 Å². The Labute approximate surface area is 379 Å². The van der Waals surface area contributed by atoms with Crippen molar-refractivity contribution in [2.45, 2.75) is 25.7 Å². The second kappa shape index (κ2) is 16.5. The minimum Gasteiger partial charge on any atom is -0.309 e. The molecule has 0 bridgehead atoms. The second-order valence-electron chi connectivity index (χ2n) is 17.0. The monoisotopic (exact) mass is 832 g/mol. The fourth-order valence-corrected chi connectivity index (χ4v) is 9.59. The fraction of sp³-hybridized carbons (Fsp3) is 0.0656. The third kappa shape index (κ3) is 7.19. The summed E-state index contributed by atoms with van der Waals surface area (Å²) in [6.07, 6.45) is 17.8. The molecule has 0 fully saturated rings. The summed E-state index contributed by atoms with van der Waals surface area (Å²) in [5.41, 5.74) is 18.8. The van der Waals surface area contributed by atoms with Gasteiger partial charge in [0.1, 0.15) is 0 Å². The van der Waals surface area contributed by atoms with Crippen LogP contribution in [0.1, 0.15) is 31.2 Å². The van der Waals surface area contributed by atoms with Gasteiger partial charge in [0.05, 0.1) is 33.6 Å². The topological polar surface area (TPSA) is 43.6 Å². The first-order valence-electron chi connectivity index (χ1n) is 22.6. The van der Waals surface area contributed by atoms with Crippen LogP contribution in [0.2, 0.25) is 0 Å². The molecule has 0 N–H and O–H groups in total. The fourth-order valence-electron chi connectivity index (χ4n) is 9.59. The van der Waals surface area contributed by atoms with Gasteiger partial charge in [0, 0.05) is 44.1 Å². The maximum Gasteiger partial charge on any atom is 0.160 e. The van der Waals surface area contributed by atoms with Gasteiger partial charge >= 0.3 is 0 Å². The van der Waals surface area contributed by atoms with Crippen molar-refractivity contribution in [2.24, 2.45) is 0 Å². The van der Waals surface area contributed by atoms with E-state index >= 15 is 0 Å². The average Bonchev–Trinajstić information content (AvgIpc) is 3.75. The normalized spacial score (nSPS) is 13.7. The van der Waals surface area contributed by atoms with Gasteiger partial charge in [-0.15, -0.1) is 0 Å². The van der Waals surface area contributed by atoms with E-state index in [1.807, 2.05) is 6.07 Å². The molecular formula is C61H44N4. The lowest BCUT2D eigenvalue weighted by atomic mass is 9.96. The summed E-state index contributed by atoms with van der Waals surface area (Å²) in [6.45, 7) is 0. The van der Waals surface area contributed by atoms with E-state index in [9.17, 15) is 0 Å². The molecule has 2 aliphatic rings. The molecule has 65 heavy (non-hydrogen) atoms. The van der Waals surface area contributed by atoms with E-state index in [2.05, 4.69) is 217 Å². The predicted molar refractivity (Wildman–Crippen MR) is 272 cm³/mol. The number of hydrogen-bond acceptors (Lipinski definition) is 3. The number of allylic oxidation sites excluding steroid dienone is 8. The van der Waals surface area contributed by atoms with Crippen molar-refractivity contribution in [3.8, 4) is 67.4 Å². The van der Waals surface area contributed by atoms with E-state index in [-0.39, 0.29) is 0 Å². The Kier molecular flexibility index (Phi) is 9.76. The standard InChI is InChI=1S/C61H44N4/c1-4-14-41(15-5-1)43-24-32-47(33-25-43)55-40-56(64-61(63-55)50-38-30-44(31-39-50)42-16-6-2-7-17-42)48-34-26-45(27-35-48)46-28-36-49(37-29-46)59-58-53-21-11-13-23-57(53)65(51-18-8-3-9-19-51)60(58)52-20-10-12-22-54(52)62-59/h1-2,4,6-8,10-14,16-40H,3,5,9,15H2. The van der Waals surface area contributed by atoms with E-state index in [4.69, 9.17) is 15.0 Å². The number of nitrogens with zero attached hydrogens (tertiary/aromatic N) is 4. The SMILES string of the molecule is C1=CCCC(c2ccc(-c3cc(-c4ccc(-c5ccc(-c6nc7ccccc7c7c6c6ccccc6n7C6=CCCC=C6)cc5)cc4)nc(-c4ccc(-c5ccccc5)cc4)n3)cc2)=C1. The molecular weight excluding hydrogens is 789 g/mol. The lowest BCUT2D eigenvalue weighted by Crippen LogP contribution is -1.98. The highest BCUT2D eigenvalue weighted by Crippen LogP contribution is 2.42. The van der Waals surface area contributed by atoms with E-state index in [1.165, 1.54) is 44.2 Å². The lowest BCUT2D eigenvalue weighted by Gasteiger charge is -2.14. The van der Waals surface area contributed by atoms with E-state index < -0.39 is 0 Å². The Morgan fingerprint density at radius 3 is 1.65 bits per heavy atom. The molecule has 12 rings (SSSR count). The van der Waals surface area contributed by atoms with Gasteiger partial charge in [0.25, 0.3) is 0 Å². The molecule has 0 saturated carbocycles. The predicted octanol–water partition coefficient (Wildman–Crippen LogP) is 16.1. The molecule has 3 aromatic heterocycles. The number of aromatic nitrogens is 4. The first-order valence-corrected chi connectivity index (χ1v) is 22.6. The molecule has 0 atom stereocenters. The van der Waals surface area contributed by atoms with Crippen molar-refractivity contribution in [3.05, 3.63) is 224 Å². The van der Waals surface area contributed by atoms with Gasteiger partial charge in [-0.25, -0.2) is 15.0 Å². The van der Waals surface area contributed by atoms with E-state index in [0.29, 0.717) is 5.82 Å². The van der Waals surface area contributed by atoms with Crippen LogP contribution in [0, 0.1) is 0 Å². The zero-order valence-electron chi connectivity index (χ0n) is 35.9. The highest BCUT2D eigenvalue weighted by atomic mass is 15.0. The third-order valence-electron chi connectivity index (χ3n) is 13.0. The first kappa shape index (κ1) is 38.5. The van der Waals surface area contributed by atoms with Crippen LogP contribution in [0.5, 0.6) is 0 Å². The quantitative estimate of drug-likeness (QED) is 0.153. The molecule has 4 heteroatoms. The molecule has 10 aromatic rings. The second-order valence-corrected chi connectivity index (χ2v) is 17.0. The van der Waals surface area contributed by atoms with Crippen molar-refractivity contribution in [3.63, 3.8) is 0 Å². The highest BCUT2D eigenvalue weighted by molar-refractivity contribution is 6.23. The van der Waals surface area contributed by atoms with Crippen LogP contribution in [0.25, 0.3) is 111 Å². The summed E-state index contributed by atoms with van der Waals surface area (Å²) in [7, 11) is 0. The zero-order valence-corrected chi connectivity index (χ0v) is 35.9. The number of hydrogen-bond donors (Lipinski definition) is 0. The van der Waals surface area contributed by atoms with Crippen LogP contribution in [-0.2, 0) is 0 Å². The Balaban J connectivity index is 0.901. The van der Waals surface area contributed by atoms with Crippen LogP contribution in [-0.4, -0.2) is 19.5 Å². The Bertz CT molecular complexity index is 3530. The van der Waals surface area contributed by atoms with Gasteiger partial charge in [0.15, 0.2) is 5.82 Å². The van der Waals surface area contributed by atoms with Gasteiger partial charge in [0.2, 0.25) is 0 Å². The summed E-state index contributed by atoms with van der Waals surface area (Å²) < 4.78 is 2.44. The third-order valence-corrected chi connectivity index (χ3v) is 13.0. The van der Waals surface area contributed by atoms with Gasteiger partial charge < -0.3 is 4.57 Å². The van der Waals surface area contributed by atoms with Crippen molar-refractivity contribution in [2.75, 3.05) is 0 Å². The van der Waals surface area contributed by atoms with E-state index in [1.54, 1.807) is 0 Å². The molecule has 0 spiro atoms. The Morgan fingerprint density at radius 2 is 1.00 bits per heavy atom. The molecule has 308 valence electrons. The number of pyridine rings is 1. The largest absolute Gasteiger partial charge is 0.309 e. The summed E-state index contributed by atoms with van der Waals surface area (Å²) in [5.74, 6) is 0.701. The minimum absolute atomic E-state index is 0.701. The van der Waals surface area contributed by atoms with Crippen LogP contribution >= 0.6 is 0 Å². The van der Waals surface area contributed by atoms with Crippen LogP contribution in [0.3, 0.4) is 0 Å². The van der Waals surface area contributed by atoms with Gasteiger partial charge in [-0.2, -0.15) is 0 Å². The van der Waals surface area contributed by atoms with Gasteiger partial charge in [-0.05, 0) is 83.3 Å². The number of benzene rings is 7. The molecule has 4 nitrogen and oxygen atoms in total. The highest BCUT2D eigenvalue weighted by Gasteiger charge is 2.21.